The smallest absolute Gasteiger partial charge is 0.303 e. The lowest BCUT2D eigenvalue weighted by Gasteiger charge is -2.10. The average molecular weight is 285 g/mol. The normalized spacial score (nSPS) is 11.9. The van der Waals surface area contributed by atoms with Crippen molar-refractivity contribution in [3.05, 3.63) is 35.4 Å². The summed E-state index contributed by atoms with van der Waals surface area (Å²) in [6, 6.07) is 3.84. The third-order valence-corrected chi connectivity index (χ3v) is 2.82. The molecule has 1 rings (SSSR count). The molecule has 1 amide bonds. The number of nitrogens with one attached hydrogen (secondary N) is 1. The van der Waals surface area contributed by atoms with Crippen LogP contribution in [-0.2, 0) is 16.0 Å². The lowest BCUT2D eigenvalue weighted by molar-refractivity contribution is -0.138. The highest BCUT2D eigenvalue weighted by molar-refractivity contribution is 5.76. The molecule has 0 saturated carbocycles. The summed E-state index contributed by atoms with van der Waals surface area (Å²) in [4.78, 5) is 22.0. The third-order valence-electron chi connectivity index (χ3n) is 2.82. The van der Waals surface area contributed by atoms with Crippen molar-refractivity contribution in [2.24, 2.45) is 5.92 Å². The zero-order valence-electron chi connectivity index (χ0n) is 11.2. The molecular weight excluding hydrogens is 268 g/mol. The van der Waals surface area contributed by atoms with Gasteiger partial charge in [-0.1, -0.05) is 19.1 Å². The lowest BCUT2D eigenvalue weighted by atomic mass is 10.1. The second kappa shape index (κ2) is 7.57. The van der Waals surface area contributed by atoms with Crippen molar-refractivity contribution in [3.8, 4) is 0 Å². The molecule has 1 unspecified atom stereocenters. The van der Waals surface area contributed by atoms with Gasteiger partial charge in [0, 0.05) is 19.4 Å². The van der Waals surface area contributed by atoms with E-state index in [1.807, 2.05) is 0 Å². The third kappa shape index (κ3) is 5.34. The van der Waals surface area contributed by atoms with E-state index >= 15 is 0 Å². The number of carboxylic acids is 1. The Morgan fingerprint density at radius 2 is 2.05 bits per heavy atom. The maximum absolute atomic E-state index is 13.3. The van der Waals surface area contributed by atoms with E-state index in [9.17, 15) is 18.4 Å². The van der Waals surface area contributed by atoms with E-state index in [-0.39, 0.29) is 43.2 Å². The summed E-state index contributed by atoms with van der Waals surface area (Å²) < 4.78 is 26.3. The van der Waals surface area contributed by atoms with Gasteiger partial charge in [0.05, 0.1) is 0 Å². The molecule has 0 heterocycles. The Morgan fingerprint density at radius 3 is 2.70 bits per heavy atom. The molecule has 1 aromatic rings. The minimum absolute atomic E-state index is 0.0279. The highest BCUT2D eigenvalue weighted by atomic mass is 19.2. The summed E-state index contributed by atoms with van der Waals surface area (Å²) in [6.45, 7) is 1.96. The summed E-state index contributed by atoms with van der Waals surface area (Å²) in [5, 5.41) is 11.1. The van der Waals surface area contributed by atoms with Gasteiger partial charge in [-0.3, -0.25) is 9.59 Å². The largest absolute Gasteiger partial charge is 0.481 e. The van der Waals surface area contributed by atoms with Gasteiger partial charge in [0.2, 0.25) is 5.91 Å². The summed E-state index contributed by atoms with van der Waals surface area (Å²) in [5.74, 6) is -3.28. The van der Waals surface area contributed by atoms with Crippen LogP contribution in [-0.4, -0.2) is 23.5 Å². The number of hydrogen-bond donors (Lipinski definition) is 2. The van der Waals surface area contributed by atoms with Gasteiger partial charge >= 0.3 is 5.97 Å². The molecule has 0 radical (unpaired) electrons. The number of aryl methyl sites for hydroxylation is 1. The Labute approximate surface area is 115 Å². The molecule has 0 aliphatic rings. The molecule has 0 spiro atoms. The first-order valence-corrected chi connectivity index (χ1v) is 6.31. The van der Waals surface area contributed by atoms with E-state index in [1.54, 1.807) is 6.92 Å². The molecule has 0 aliphatic heterocycles. The predicted molar refractivity (Wildman–Crippen MR) is 69.1 cm³/mol. The quantitative estimate of drug-likeness (QED) is 0.806. The first-order chi connectivity index (χ1) is 9.40. The summed E-state index contributed by atoms with van der Waals surface area (Å²) in [6.07, 6.45) is 0.0989. The zero-order valence-corrected chi connectivity index (χ0v) is 11.2. The fourth-order valence-corrected chi connectivity index (χ4v) is 1.74. The lowest BCUT2D eigenvalue weighted by Crippen LogP contribution is -2.29. The van der Waals surface area contributed by atoms with Gasteiger partial charge in [-0.15, -0.1) is 0 Å². The molecule has 0 saturated heterocycles. The minimum atomic E-state index is -0.932. The number of carboxylic acid groups (broad SMARTS) is 1. The number of aliphatic carboxylic acids is 1. The molecular formula is C14H17F2NO3. The molecule has 0 aliphatic carbocycles. The van der Waals surface area contributed by atoms with Crippen LogP contribution in [0.25, 0.3) is 0 Å². The van der Waals surface area contributed by atoms with Crippen molar-refractivity contribution in [1.29, 1.82) is 0 Å². The van der Waals surface area contributed by atoms with E-state index < -0.39 is 17.6 Å². The number of amides is 1. The Kier molecular flexibility index (Phi) is 6.09. The van der Waals surface area contributed by atoms with E-state index in [0.717, 1.165) is 6.07 Å². The highest BCUT2D eigenvalue weighted by Crippen LogP contribution is 2.13. The van der Waals surface area contributed by atoms with Crippen LogP contribution in [0.2, 0.25) is 0 Å². The monoisotopic (exact) mass is 285 g/mol. The Balaban J connectivity index is 2.36. The predicted octanol–water partition coefficient (Wildman–Crippen LogP) is 2.12. The fourth-order valence-electron chi connectivity index (χ4n) is 1.74. The van der Waals surface area contributed by atoms with Crippen molar-refractivity contribution in [3.63, 3.8) is 0 Å². The van der Waals surface area contributed by atoms with Gasteiger partial charge in [-0.05, 0) is 24.0 Å². The van der Waals surface area contributed by atoms with E-state index in [0.29, 0.717) is 0 Å². The van der Waals surface area contributed by atoms with Crippen LogP contribution in [0, 0.1) is 17.6 Å². The second-order valence-corrected chi connectivity index (χ2v) is 4.72. The standard InChI is InChI=1S/C14H17F2NO3/c1-9(7-13(19)20)8-17-12(18)6-5-10-3-2-4-11(15)14(10)16/h2-4,9H,5-8H2,1H3,(H,17,18)(H,19,20). The van der Waals surface area contributed by atoms with Gasteiger partial charge < -0.3 is 10.4 Å². The van der Waals surface area contributed by atoms with Gasteiger partial charge in [0.25, 0.3) is 0 Å². The highest BCUT2D eigenvalue weighted by Gasteiger charge is 2.11. The van der Waals surface area contributed by atoms with Crippen LogP contribution in [0.3, 0.4) is 0 Å². The van der Waals surface area contributed by atoms with Gasteiger partial charge in [0.1, 0.15) is 0 Å². The average Bonchev–Trinajstić information content (AvgIpc) is 2.37. The van der Waals surface area contributed by atoms with Crippen LogP contribution in [0.5, 0.6) is 0 Å². The van der Waals surface area contributed by atoms with Crippen molar-refractivity contribution in [1.82, 2.24) is 5.32 Å². The maximum atomic E-state index is 13.3. The Bertz CT molecular complexity index is 491. The van der Waals surface area contributed by atoms with Crippen LogP contribution in [0.15, 0.2) is 18.2 Å². The number of hydrogen-bond acceptors (Lipinski definition) is 2. The zero-order chi connectivity index (χ0) is 15.1. The number of halogens is 2. The SMILES string of the molecule is CC(CNC(=O)CCc1cccc(F)c1F)CC(=O)O. The molecule has 1 aromatic carbocycles. The van der Waals surface area contributed by atoms with E-state index in [1.165, 1.54) is 12.1 Å². The fraction of sp³-hybridized carbons (Fsp3) is 0.429. The van der Waals surface area contributed by atoms with Gasteiger partial charge in [-0.2, -0.15) is 0 Å². The van der Waals surface area contributed by atoms with Crippen molar-refractivity contribution in [2.45, 2.75) is 26.2 Å². The van der Waals surface area contributed by atoms with Crippen molar-refractivity contribution < 1.29 is 23.5 Å². The maximum Gasteiger partial charge on any atom is 0.303 e. The number of carbonyl (C=O) groups is 2. The Morgan fingerprint density at radius 1 is 1.35 bits per heavy atom. The molecule has 4 nitrogen and oxygen atoms in total. The van der Waals surface area contributed by atoms with Gasteiger partial charge in [-0.25, -0.2) is 8.78 Å². The molecule has 0 bridgehead atoms. The molecule has 0 fully saturated rings. The topological polar surface area (TPSA) is 66.4 Å². The van der Waals surface area contributed by atoms with Crippen LogP contribution < -0.4 is 5.32 Å². The number of rotatable bonds is 7. The number of benzene rings is 1. The van der Waals surface area contributed by atoms with E-state index in [4.69, 9.17) is 5.11 Å². The molecule has 1 atom stereocenters. The molecule has 110 valence electrons. The minimum Gasteiger partial charge on any atom is -0.481 e. The van der Waals surface area contributed by atoms with E-state index in [2.05, 4.69) is 5.32 Å². The molecule has 20 heavy (non-hydrogen) atoms. The van der Waals surface area contributed by atoms with Crippen LogP contribution in [0.4, 0.5) is 8.78 Å². The second-order valence-electron chi connectivity index (χ2n) is 4.72. The molecule has 0 aromatic heterocycles. The van der Waals surface area contributed by atoms with Crippen molar-refractivity contribution in [2.75, 3.05) is 6.54 Å². The summed E-state index contributed by atoms with van der Waals surface area (Å²) in [7, 11) is 0. The summed E-state index contributed by atoms with van der Waals surface area (Å²) in [5.41, 5.74) is 0.152. The molecule has 2 N–H and O–H groups in total. The first kappa shape index (κ1) is 16.1. The molecule has 6 heteroatoms. The van der Waals surface area contributed by atoms with Crippen LogP contribution >= 0.6 is 0 Å². The van der Waals surface area contributed by atoms with Gasteiger partial charge in [0.15, 0.2) is 11.6 Å². The first-order valence-electron chi connectivity index (χ1n) is 6.31. The summed E-state index contributed by atoms with van der Waals surface area (Å²) >= 11 is 0. The number of carbonyl (C=O) groups excluding carboxylic acids is 1. The van der Waals surface area contributed by atoms with Crippen LogP contribution in [0.1, 0.15) is 25.3 Å². The van der Waals surface area contributed by atoms with Crippen molar-refractivity contribution >= 4 is 11.9 Å². The Hall–Kier alpha value is -1.98.